The lowest BCUT2D eigenvalue weighted by Crippen LogP contribution is -2.11. The Balaban J connectivity index is 2.53. The molecule has 0 saturated carbocycles. The van der Waals surface area contributed by atoms with E-state index in [0.29, 0.717) is 24.8 Å². The average Bonchev–Trinajstić information content (AvgIpc) is 2.38. The average molecular weight is 253 g/mol. The Morgan fingerprint density at radius 3 is 2.67 bits per heavy atom. The summed E-state index contributed by atoms with van der Waals surface area (Å²) >= 11 is 0. The second-order valence-electron chi connectivity index (χ2n) is 4.73. The van der Waals surface area contributed by atoms with Crippen LogP contribution in [0.4, 0.5) is 4.39 Å². The van der Waals surface area contributed by atoms with Crippen molar-refractivity contribution in [3.63, 3.8) is 0 Å². The Hall–Kier alpha value is -1.09. The fraction of sp³-hybridized carbons (Fsp3) is 0.600. The van der Waals surface area contributed by atoms with Gasteiger partial charge < -0.3 is 10.5 Å². The van der Waals surface area contributed by atoms with Gasteiger partial charge in [0, 0.05) is 12.6 Å². The summed E-state index contributed by atoms with van der Waals surface area (Å²) in [6.07, 6.45) is 4.69. The third kappa shape index (κ3) is 5.05. The number of nitrogens with two attached hydrogens (primary N) is 1. The molecule has 0 aliphatic carbocycles. The van der Waals surface area contributed by atoms with Gasteiger partial charge in [-0.3, -0.25) is 0 Å². The highest BCUT2D eigenvalue weighted by molar-refractivity contribution is 5.29. The predicted molar refractivity (Wildman–Crippen MR) is 73.1 cm³/mol. The summed E-state index contributed by atoms with van der Waals surface area (Å²) in [6, 6.07) is 4.68. The largest absolute Gasteiger partial charge is 0.493 e. The van der Waals surface area contributed by atoms with E-state index in [-0.39, 0.29) is 5.82 Å². The molecule has 3 heteroatoms. The van der Waals surface area contributed by atoms with Crippen LogP contribution in [-0.4, -0.2) is 6.61 Å². The summed E-state index contributed by atoms with van der Waals surface area (Å²) in [7, 11) is 0. The van der Waals surface area contributed by atoms with Crippen molar-refractivity contribution in [1.29, 1.82) is 0 Å². The van der Waals surface area contributed by atoms with Gasteiger partial charge in [-0.25, -0.2) is 4.39 Å². The standard InChI is InChI=1S/C15H24FNO/c1-3-5-6-12(4-2)11-18-15-8-13(10-17)7-14(16)9-15/h7-9,12H,3-6,10-11,17H2,1-2H3. The molecule has 1 rings (SSSR count). The lowest BCUT2D eigenvalue weighted by Gasteiger charge is -2.16. The van der Waals surface area contributed by atoms with Crippen LogP contribution < -0.4 is 10.5 Å². The Morgan fingerprint density at radius 2 is 2.06 bits per heavy atom. The Labute approximate surface area is 109 Å². The van der Waals surface area contributed by atoms with Crippen molar-refractivity contribution < 1.29 is 9.13 Å². The highest BCUT2D eigenvalue weighted by Crippen LogP contribution is 2.19. The third-order valence-corrected chi connectivity index (χ3v) is 3.20. The molecular formula is C15H24FNO. The molecule has 1 aromatic carbocycles. The number of hydrogen-bond donors (Lipinski definition) is 1. The molecule has 18 heavy (non-hydrogen) atoms. The predicted octanol–water partition coefficient (Wildman–Crippen LogP) is 3.88. The van der Waals surface area contributed by atoms with Gasteiger partial charge in [-0.1, -0.05) is 33.1 Å². The van der Waals surface area contributed by atoms with E-state index in [9.17, 15) is 4.39 Å². The number of benzene rings is 1. The van der Waals surface area contributed by atoms with E-state index in [4.69, 9.17) is 10.5 Å². The van der Waals surface area contributed by atoms with Crippen molar-refractivity contribution in [2.24, 2.45) is 11.7 Å². The molecule has 0 saturated heterocycles. The Kier molecular flexibility index (Phi) is 6.73. The van der Waals surface area contributed by atoms with Gasteiger partial charge in [0.15, 0.2) is 0 Å². The van der Waals surface area contributed by atoms with Crippen LogP contribution in [0.5, 0.6) is 5.75 Å². The molecule has 1 atom stereocenters. The summed E-state index contributed by atoms with van der Waals surface area (Å²) in [6.45, 7) is 5.35. The SMILES string of the molecule is CCCCC(CC)COc1cc(F)cc(CN)c1. The van der Waals surface area contributed by atoms with Gasteiger partial charge in [-0.2, -0.15) is 0 Å². The van der Waals surface area contributed by atoms with Crippen molar-refractivity contribution in [1.82, 2.24) is 0 Å². The van der Waals surface area contributed by atoms with E-state index < -0.39 is 0 Å². The zero-order chi connectivity index (χ0) is 13.4. The van der Waals surface area contributed by atoms with E-state index in [0.717, 1.165) is 12.0 Å². The molecule has 0 aliphatic rings. The quantitative estimate of drug-likeness (QED) is 0.763. The summed E-state index contributed by atoms with van der Waals surface area (Å²) in [4.78, 5) is 0. The van der Waals surface area contributed by atoms with Crippen LogP contribution in [0, 0.1) is 11.7 Å². The van der Waals surface area contributed by atoms with Crippen molar-refractivity contribution >= 4 is 0 Å². The monoisotopic (exact) mass is 253 g/mol. The van der Waals surface area contributed by atoms with E-state index in [1.165, 1.54) is 31.4 Å². The third-order valence-electron chi connectivity index (χ3n) is 3.20. The van der Waals surface area contributed by atoms with Crippen molar-refractivity contribution in [2.45, 2.75) is 46.1 Å². The van der Waals surface area contributed by atoms with Crippen molar-refractivity contribution in [3.05, 3.63) is 29.6 Å². The summed E-state index contributed by atoms with van der Waals surface area (Å²) in [5.74, 6) is 0.856. The lowest BCUT2D eigenvalue weighted by molar-refractivity contribution is 0.232. The fourth-order valence-electron chi connectivity index (χ4n) is 1.93. The van der Waals surface area contributed by atoms with Crippen LogP contribution in [0.3, 0.4) is 0 Å². The lowest BCUT2D eigenvalue weighted by atomic mass is 10.0. The molecule has 0 spiro atoms. The first-order valence-corrected chi connectivity index (χ1v) is 6.81. The number of halogens is 1. The maximum absolute atomic E-state index is 13.3. The maximum Gasteiger partial charge on any atom is 0.127 e. The molecule has 0 bridgehead atoms. The van der Waals surface area contributed by atoms with Crippen molar-refractivity contribution in [3.8, 4) is 5.75 Å². The fourth-order valence-corrected chi connectivity index (χ4v) is 1.93. The first-order valence-electron chi connectivity index (χ1n) is 6.81. The van der Waals surface area contributed by atoms with Crippen LogP contribution in [0.15, 0.2) is 18.2 Å². The minimum Gasteiger partial charge on any atom is -0.493 e. The molecule has 2 N–H and O–H groups in total. The van der Waals surface area contributed by atoms with Gasteiger partial charge in [-0.05, 0) is 30.0 Å². The maximum atomic E-state index is 13.3. The molecule has 102 valence electrons. The normalized spacial score (nSPS) is 12.4. The van der Waals surface area contributed by atoms with Crippen LogP contribution in [-0.2, 0) is 6.54 Å². The zero-order valence-electron chi connectivity index (χ0n) is 11.4. The molecule has 0 radical (unpaired) electrons. The molecule has 1 aromatic rings. The van der Waals surface area contributed by atoms with Gasteiger partial charge in [0.25, 0.3) is 0 Å². The number of rotatable bonds is 8. The van der Waals surface area contributed by atoms with E-state index in [2.05, 4.69) is 13.8 Å². The Morgan fingerprint density at radius 1 is 1.28 bits per heavy atom. The van der Waals surface area contributed by atoms with Gasteiger partial charge in [0.05, 0.1) is 6.61 Å². The highest BCUT2D eigenvalue weighted by Gasteiger charge is 2.08. The van der Waals surface area contributed by atoms with Gasteiger partial charge in [-0.15, -0.1) is 0 Å². The number of unbranched alkanes of at least 4 members (excludes halogenated alkanes) is 1. The molecule has 1 unspecified atom stereocenters. The Bertz CT molecular complexity index is 354. The van der Waals surface area contributed by atoms with Gasteiger partial charge >= 0.3 is 0 Å². The van der Waals surface area contributed by atoms with Gasteiger partial charge in [0.1, 0.15) is 11.6 Å². The van der Waals surface area contributed by atoms with Crippen LogP contribution in [0.1, 0.15) is 45.1 Å². The molecule has 0 aliphatic heterocycles. The second kappa shape index (κ2) is 8.09. The minimum absolute atomic E-state index is 0.283. The molecule has 0 aromatic heterocycles. The topological polar surface area (TPSA) is 35.2 Å². The van der Waals surface area contributed by atoms with Crippen LogP contribution in [0.25, 0.3) is 0 Å². The first-order chi connectivity index (χ1) is 8.69. The first kappa shape index (κ1) is 15.0. The summed E-state index contributed by atoms with van der Waals surface area (Å²) in [5.41, 5.74) is 6.28. The van der Waals surface area contributed by atoms with Crippen LogP contribution in [0.2, 0.25) is 0 Å². The second-order valence-corrected chi connectivity index (χ2v) is 4.73. The van der Waals surface area contributed by atoms with Gasteiger partial charge in [0.2, 0.25) is 0 Å². The zero-order valence-corrected chi connectivity index (χ0v) is 11.4. The molecule has 0 heterocycles. The highest BCUT2D eigenvalue weighted by atomic mass is 19.1. The van der Waals surface area contributed by atoms with E-state index in [1.807, 2.05) is 6.07 Å². The smallest absolute Gasteiger partial charge is 0.127 e. The number of ether oxygens (including phenoxy) is 1. The molecule has 2 nitrogen and oxygen atoms in total. The van der Waals surface area contributed by atoms with E-state index in [1.54, 1.807) is 0 Å². The summed E-state index contributed by atoms with van der Waals surface area (Å²) in [5, 5.41) is 0. The van der Waals surface area contributed by atoms with Crippen molar-refractivity contribution in [2.75, 3.05) is 6.61 Å². The molecule has 0 fully saturated rings. The minimum atomic E-state index is -0.283. The number of hydrogen-bond acceptors (Lipinski definition) is 2. The molecule has 0 amide bonds. The molecular weight excluding hydrogens is 229 g/mol. The van der Waals surface area contributed by atoms with Crippen LogP contribution >= 0.6 is 0 Å². The van der Waals surface area contributed by atoms with E-state index >= 15 is 0 Å². The summed E-state index contributed by atoms with van der Waals surface area (Å²) < 4.78 is 19.0.